The van der Waals surface area contributed by atoms with Crippen LogP contribution in [0.1, 0.15) is 21.7 Å². The number of carbonyl (C=O) groups excluding carboxylic acids is 1. The van der Waals surface area contributed by atoms with E-state index in [1.807, 2.05) is 67.6 Å². The van der Waals surface area contributed by atoms with Crippen molar-refractivity contribution in [2.45, 2.75) is 13.3 Å². The van der Waals surface area contributed by atoms with Crippen LogP contribution in [0.5, 0.6) is 5.75 Å². The van der Waals surface area contributed by atoms with E-state index in [-0.39, 0.29) is 11.8 Å². The third-order valence-corrected chi connectivity index (χ3v) is 5.46. The van der Waals surface area contributed by atoms with E-state index in [9.17, 15) is 4.79 Å². The standard InChI is InChI=1S/C25H23N3O3/c1-17-11-12-23(31-17)24-21(15-28(27-24)20-8-3-2-4-9-20)25(29)26-14-18-13-19-7-5-6-10-22(19)30-16-18/h2-12,15,18H,13-14,16H2,1H3,(H,26,29). The Morgan fingerprint density at radius 3 is 2.71 bits per heavy atom. The normalized spacial score (nSPS) is 15.2. The molecular formula is C25H23N3O3. The van der Waals surface area contributed by atoms with E-state index >= 15 is 0 Å². The molecule has 0 radical (unpaired) electrons. The van der Waals surface area contributed by atoms with Gasteiger partial charge in [0.25, 0.3) is 5.91 Å². The van der Waals surface area contributed by atoms with E-state index in [1.165, 1.54) is 5.56 Å². The summed E-state index contributed by atoms with van der Waals surface area (Å²) in [6.07, 6.45) is 2.63. The molecule has 1 unspecified atom stereocenters. The van der Waals surface area contributed by atoms with Crippen molar-refractivity contribution in [3.05, 3.63) is 89.8 Å². The number of hydrogen-bond acceptors (Lipinski definition) is 4. The van der Waals surface area contributed by atoms with Crippen LogP contribution in [0.2, 0.25) is 0 Å². The lowest BCUT2D eigenvalue weighted by molar-refractivity contribution is 0.0939. The molecule has 3 heterocycles. The highest BCUT2D eigenvalue weighted by Crippen LogP contribution is 2.28. The van der Waals surface area contributed by atoms with Crippen molar-refractivity contribution in [2.75, 3.05) is 13.2 Å². The van der Waals surface area contributed by atoms with Crippen molar-refractivity contribution in [3.8, 4) is 22.9 Å². The number of nitrogens with one attached hydrogen (secondary N) is 1. The van der Waals surface area contributed by atoms with Gasteiger partial charge >= 0.3 is 0 Å². The number of benzene rings is 2. The first-order chi connectivity index (χ1) is 15.2. The minimum absolute atomic E-state index is 0.176. The molecule has 156 valence electrons. The Hall–Kier alpha value is -3.80. The molecule has 0 saturated carbocycles. The van der Waals surface area contributed by atoms with E-state index in [0.29, 0.717) is 30.2 Å². The summed E-state index contributed by atoms with van der Waals surface area (Å²) in [5.41, 5.74) is 3.06. The molecular weight excluding hydrogens is 390 g/mol. The fraction of sp³-hybridized carbons (Fsp3) is 0.200. The highest BCUT2D eigenvalue weighted by Gasteiger charge is 2.24. The van der Waals surface area contributed by atoms with Gasteiger partial charge in [0.2, 0.25) is 0 Å². The molecule has 1 atom stereocenters. The number of fused-ring (bicyclic) bond motifs is 1. The molecule has 4 aromatic rings. The van der Waals surface area contributed by atoms with Gasteiger partial charge in [-0.05, 0) is 49.2 Å². The zero-order valence-electron chi connectivity index (χ0n) is 17.2. The number of aromatic nitrogens is 2. The highest BCUT2D eigenvalue weighted by molar-refractivity contribution is 5.99. The van der Waals surface area contributed by atoms with Crippen LogP contribution in [0.15, 0.2) is 77.3 Å². The molecule has 1 N–H and O–H groups in total. The molecule has 0 spiro atoms. The Labute approximate surface area is 180 Å². The number of furan rings is 1. The zero-order chi connectivity index (χ0) is 21.2. The van der Waals surface area contributed by atoms with Crippen LogP contribution in [-0.4, -0.2) is 28.8 Å². The number of amides is 1. The van der Waals surface area contributed by atoms with E-state index in [0.717, 1.165) is 23.6 Å². The predicted molar refractivity (Wildman–Crippen MR) is 117 cm³/mol. The minimum Gasteiger partial charge on any atom is -0.493 e. The number of nitrogens with zero attached hydrogens (tertiary/aromatic N) is 2. The number of rotatable bonds is 5. The summed E-state index contributed by atoms with van der Waals surface area (Å²) in [4.78, 5) is 13.1. The summed E-state index contributed by atoms with van der Waals surface area (Å²) >= 11 is 0. The van der Waals surface area contributed by atoms with Crippen LogP contribution in [0.25, 0.3) is 17.1 Å². The Kier molecular flexibility index (Phi) is 5.04. The molecule has 1 aliphatic heterocycles. The summed E-state index contributed by atoms with van der Waals surface area (Å²) in [5, 5.41) is 7.71. The van der Waals surface area contributed by atoms with E-state index in [1.54, 1.807) is 10.9 Å². The van der Waals surface area contributed by atoms with Gasteiger partial charge in [0.05, 0.1) is 17.9 Å². The van der Waals surface area contributed by atoms with Gasteiger partial charge in [-0.2, -0.15) is 5.10 Å². The summed E-state index contributed by atoms with van der Waals surface area (Å²) in [5.74, 6) is 2.33. The van der Waals surface area contributed by atoms with Crippen LogP contribution < -0.4 is 10.1 Å². The fourth-order valence-electron chi connectivity index (χ4n) is 3.85. The van der Waals surface area contributed by atoms with Crippen molar-refractivity contribution in [2.24, 2.45) is 5.92 Å². The predicted octanol–water partition coefficient (Wildman–Crippen LogP) is 4.42. The second kappa shape index (κ2) is 8.14. The second-order valence-electron chi connectivity index (χ2n) is 7.78. The molecule has 1 amide bonds. The minimum atomic E-state index is -0.176. The molecule has 1 aliphatic rings. The SMILES string of the molecule is Cc1ccc(-c2nn(-c3ccccc3)cc2C(=O)NCC2COc3ccccc3C2)o1. The van der Waals surface area contributed by atoms with Gasteiger partial charge in [0.15, 0.2) is 5.76 Å². The van der Waals surface area contributed by atoms with E-state index < -0.39 is 0 Å². The first-order valence-electron chi connectivity index (χ1n) is 10.4. The van der Waals surface area contributed by atoms with Crippen molar-refractivity contribution in [3.63, 3.8) is 0 Å². The van der Waals surface area contributed by atoms with Crippen LogP contribution in [0.3, 0.4) is 0 Å². The summed E-state index contributed by atoms with van der Waals surface area (Å²) in [6, 6.07) is 21.5. The Morgan fingerprint density at radius 2 is 1.90 bits per heavy atom. The summed E-state index contributed by atoms with van der Waals surface area (Å²) in [6.45, 7) is 2.99. The molecule has 2 aromatic heterocycles. The Bertz CT molecular complexity index is 1210. The van der Waals surface area contributed by atoms with Gasteiger partial charge in [-0.3, -0.25) is 4.79 Å². The molecule has 0 bridgehead atoms. The van der Waals surface area contributed by atoms with Gasteiger partial charge in [-0.1, -0.05) is 36.4 Å². The van der Waals surface area contributed by atoms with Crippen molar-refractivity contribution in [1.82, 2.24) is 15.1 Å². The van der Waals surface area contributed by atoms with Gasteiger partial charge in [0, 0.05) is 18.7 Å². The number of ether oxygens (including phenoxy) is 1. The van der Waals surface area contributed by atoms with Crippen LogP contribution in [0.4, 0.5) is 0 Å². The van der Waals surface area contributed by atoms with E-state index in [4.69, 9.17) is 9.15 Å². The third-order valence-electron chi connectivity index (χ3n) is 5.46. The van der Waals surface area contributed by atoms with Crippen molar-refractivity contribution < 1.29 is 13.9 Å². The van der Waals surface area contributed by atoms with Gasteiger partial charge < -0.3 is 14.5 Å². The maximum atomic E-state index is 13.1. The van der Waals surface area contributed by atoms with Crippen LogP contribution in [-0.2, 0) is 6.42 Å². The molecule has 31 heavy (non-hydrogen) atoms. The second-order valence-corrected chi connectivity index (χ2v) is 7.78. The van der Waals surface area contributed by atoms with Crippen molar-refractivity contribution >= 4 is 5.91 Å². The quantitative estimate of drug-likeness (QED) is 0.526. The maximum absolute atomic E-state index is 13.1. The number of hydrogen-bond donors (Lipinski definition) is 1. The summed E-state index contributed by atoms with van der Waals surface area (Å²) < 4.78 is 13.3. The lowest BCUT2D eigenvalue weighted by Crippen LogP contribution is -2.34. The molecule has 0 saturated heterocycles. The monoisotopic (exact) mass is 413 g/mol. The average Bonchev–Trinajstić information content (AvgIpc) is 3.44. The number of carbonyl (C=O) groups is 1. The first kappa shape index (κ1) is 19.2. The molecule has 6 heteroatoms. The average molecular weight is 413 g/mol. The van der Waals surface area contributed by atoms with E-state index in [2.05, 4.69) is 16.5 Å². The fourth-order valence-corrected chi connectivity index (χ4v) is 3.85. The topological polar surface area (TPSA) is 69.3 Å². The zero-order valence-corrected chi connectivity index (χ0v) is 17.2. The molecule has 0 fully saturated rings. The summed E-state index contributed by atoms with van der Waals surface area (Å²) in [7, 11) is 0. The number of para-hydroxylation sites is 2. The van der Waals surface area contributed by atoms with Crippen LogP contribution >= 0.6 is 0 Å². The Balaban J connectivity index is 1.37. The lowest BCUT2D eigenvalue weighted by atomic mass is 9.96. The molecule has 0 aliphatic carbocycles. The van der Waals surface area contributed by atoms with Crippen LogP contribution in [0, 0.1) is 12.8 Å². The number of aryl methyl sites for hydroxylation is 1. The van der Waals surface area contributed by atoms with Gasteiger partial charge in [0.1, 0.15) is 17.2 Å². The van der Waals surface area contributed by atoms with Crippen molar-refractivity contribution in [1.29, 1.82) is 0 Å². The molecule has 2 aromatic carbocycles. The maximum Gasteiger partial charge on any atom is 0.255 e. The Morgan fingerprint density at radius 1 is 1.10 bits per heavy atom. The first-order valence-corrected chi connectivity index (χ1v) is 10.4. The molecule has 5 rings (SSSR count). The highest BCUT2D eigenvalue weighted by atomic mass is 16.5. The largest absolute Gasteiger partial charge is 0.493 e. The smallest absolute Gasteiger partial charge is 0.255 e. The molecule has 6 nitrogen and oxygen atoms in total. The third kappa shape index (κ3) is 3.97. The lowest BCUT2D eigenvalue weighted by Gasteiger charge is -2.25. The van der Waals surface area contributed by atoms with Gasteiger partial charge in [-0.15, -0.1) is 0 Å². The van der Waals surface area contributed by atoms with Gasteiger partial charge in [-0.25, -0.2) is 4.68 Å².